The lowest BCUT2D eigenvalue weighted by molar-refractivity contribution is -0.122. The Kier molecular flexibility index (Phi) is 9.19. The molecule has 2 amide bonds. The molecule has 1 atom stereocenters. The summed E-state index contributed by atoms with van der Waals surface area (Å²) >= 11 is 9.19. The number of amides is 2. The number of carbonyl (C=O) groups excluding carboxylic acids is 2. The Hall–Kier alpha value is -3.28. The molecular formula is C24H25BrClFN6O3. The molecule has 0 saturated heterocycles. The van der Waals surface area contributed by atoms with Gasteiger partial charge in [-0.2, -0.15) is 0 Å². The summed E-state index contributed by atoms with van der Waals surface area (Å²) in [7, 11) is 3.60. The second-order valence-corrected chi connectivity index (χ2v) is 9.38. The second kappa shape index (κ2) is 12.1. The number of hydrogen-bond acceptors (Lipinski definition) is 7. The lowest BCUT2D eigenvalue weighted by atomic mass is 10.1. The number of hydrogen-bond donors (Lipinski definition) is 3. The molecule has 0 spiro atoms. The standard InChI is InChI=1S/C24H25BrClFN6O3/c1-5-20(34)31-18-8-14-17(9-19(18)36-11-13(2)30-21(35)10-33(3)4)28-12-29-24(14)32-16-7-6-15(25)22(26)23(16)27/h5-9,12-13H,1,10-11H2,2-4H3,(H,30,35)(H,31,34)(H,28,29,32). The number of fused-ring (bicyclic) bond motifs is 1. The van der Waals surface area contributed by atoms with E-state index in [1.165, 1.54) is 12.4 Å². The number of nitrogens with one attached hydrogen (secondary N) is 3. The molecule has 0 aliphatic heterocycles. The Morgan fingerprint density at radius 2 is 2.03 bits per heavy atom. The number of ether oxygens (including phenoxy) is 1. The lowest BCUT2D eigenvalue weighted by Gasteiger charge is -2.19. The van der Waals surface area contributed by atoms with Crippen LogP contribution in [0.5, 0.6) is 5.75 Å². The summed E-state index contributed by atoms with van der Waals surface area (Å²) in [5.41, 5.74) is 0.917. The number of aromatic nitrogens is 2. The highest BCUT2D eigenvalue weighted by Crippen LogP contribution is 2.36. The minimum absolute atomic E-state index is 0.0697. The summed E-state index contributed by atoms with van der Waals surface area (Å²) < 4.78 is 21.0. The van der Waals surface area contributed by atoms with E-state index >= 15 is 0 Å². The first kappa shape index (κ1) is 27.3. The molecule has 9 nitrogen and oxygen atoms in total. The third-order valence-electron chi connectivity index (χ3n) is 4.82. The van der Waals surface area contributed by atoms with Crippen LogP contribution in [0, 0.1) is 5.82 Å². The molecule has 1 unspecified atom stereocenters. The third kappa shape index (κ3) is 6.90. The van der Waals surface area contributed by atoms with Gasteiger partial charge < -0.3 is 25.6 Å². The van der Waals surface area contributed by atoms with Crippen molar-refractivity contribution in [3.63, 3.8) is 0 Å². The molecule has 3 N–H and O–H groups in total. The summed E-state index contributed by atoms with van der Waals surface area (Å²) in [5.74, 6) is -0.624. The van der Waals surface area contributed by atoms with E-state index in [9.17, 15) is 14.0 Å². The van der Waals surface area contributed by atoms with E-state index in [1.807, 2.05) is 0 Å². The topological polar surface area (TPSA) is 108 Å². The number of carbonyl (C=O) groups is 2. The van der Waals surface area contributed by atoms with Crippen molar-refractivity contribution in [2.45, 2.75) is 13.0 Å². The largest absolute Gasteiger partial charge is 0.489 e. The van der Waals surface area contributed by atoms with Crippen molar-refractivity contribution in [1.29, 1.82) is 0 Å². The van der Waals surface area contributed by atoms with E-state index in [0.29, 0.717) is 32.6 Å². The van der Waals surface area contributed by atoms with Gasteiger partial charge in [-0.05, 0) is 61.2 Å². The highest BCUT2D eigenvalue weighted by atomic mass is 79.9. The molecule has 0 aliphatic carbocycles. The summed E-state index contributed by atoms with van der Waals surface area (Å²) in [4.78, 5) is 34.4. The van der Waals surface area contributed by atoms with E-state index in [4.69, 9.17) is 16.3 Å². The van der Waals surface area contributed by atoms with Crippen LogP contribution in [-0.2, 0) is 9.59 Å². The Morgan fingerprint density at radius 3 is 2.72 bits per heavy atom. The fraction of sp³-hybridized carbons (Fsp3) is 0.250. The first-order valence-electron chi connectivity index (χ1n) is 10.8. The van der Waals surface area contributed by atoms with Gasteiger partial charge >= 0.3 is 0 Å². The Bertz CT molecular complexity index is 1310. The van der Waals surface area contributed by atoms with Gasteiger partial charge in [-0.25, -0.2) is 14.4 Å². The van der Waals surface area contributed by atoms with Crippen molar-refractivity contribution >= 4 is 67.4 Å². The minimum atomic E-state index is -0.650. The van der Waals surface area contributed by atoms with Crippen LogP contribution in [0.15, 0.2) is 47.7 Å². The predicted molar refractivity (Wildman–Crippen MR) is 142 cm³/mol. The molecule has 2 aromatic carbocycles. The molecular weight excluding hydrogens is 555 g/mol. The van der Waals surface area contributed by atoms with E-state index in [2.05, 4.69) is 48.4 Å². The van der Waals surface area contributed by atoms with Crippen LogP contribution in [0.2, 0.25) is 5.02 Å². The quantitative estimate of drug-likeness (QED) is 0.240. The average Bonchev–Trinajstić information content (AvgIpc) is 2.82. The molecule has 0 fully saturated rings. The van der Waals surface area contributed by atoms with Crippen LogP contribution in [0.4, 0.5) is 21.6 Å². The maximum atomic E-state index is 14.7. The van der Waals surface area contributed by atoms with Gasteiger partial charge in [0, 0.05) is 15.9 Å². The van der Waals surface area contributed by atoms with Crippen LogP contribution >= 0.6 is 27.5 Å². The maximum Gasteiger partial charge on any atom is 0.247 e. The zero-order valence-corrected chi connectivity index (χ0v) is 22.2. The van der Waals surface area contributed by atoms with E-state index < -0.39 is 11.7 Å². The first-order chi connectivity index (χ1) is 17.1. The van der Waals surface area contributed by atoms with Crippen LogP contribution < -0.4 is 20.7 Å². The highest BCUT2D eigenvalue weighted by Gasteiger charge is 2.17. The predicted octanol–water partition coefficient (Wildman–Crippen LogP) is 4.50. The SMILES string of the molecule is C=CC(=O)Nc1cc2c(Nc3ccc(Br)c(Cl)c3F)ncnc2cc1OCC(C)NC(=O)CN(C)C. The maximum absolute atomic E-state index is 14.7. The van der Waals surface area contributed by atoms with Crippen molar-refractivity contribution in [3.8, 4) is 5.75 Å². The molecule has 1 aromatic heterocycles. The smallest absolute Gasteiger partial charge is 0.247 e. The average molecular weight is 580 g/mol. The number of rotatable bonds is 10. The van der Waals surface area contributed by atoms with Crippen molar-refractivity contribution in [3.05, 3.63) is 58.6 Å². The van der Waals surface area contributed by atoms with Crippen molar-refractivity contribution in [1.82, 2.24) is 20.2 Å². The van der Waals surface area contributed by atoms with Crippen LogP contribution in [0.3, 0.4) is 0 Å². The fourth-order valence-electron chi connectivity index (χ4n) is 3.20. The van der Waals surface area contributed by atoms with Gasteiger partial charge in [-0.15, -0.1) is 0 Å². The van der Waals surface area contributed by atoms with Gasteiger partial charge in [0.05, 0.1) is 34.5 Å². The van der Waals surface area contributed by atoms with Crippen molar-refractivity contribution in [2.24, 2.45) is 0 Å². The monoisotopic (exact) mass is 578 g/mol. The second-order valence-electron chi connectivity index (χ2n) is 8.15. The summed E-state index contributed by atoms with van der Waals surface area (Å²) in [6, 6.07) is 6.06. The molecule has 0 radical (unpaired) electrons. The number of nitrogens with zero attached hydrogens (tertiary/aromatic N) is 3. The highest BCUT2D eigenvalue weighted by molar-refractivity contribution is 9.10. The lowest BCUT2D eigenvalue weighted by Crippen LogP contribution is -2.41. The molecule has 0 saturated carbocycles. The van der Waals surface area contributed by atoms with Gasteiger partial charge in [0.15, 0.2) is 5.82 Å². The molecule has 190 valence electrons. The normalized spacial score (nSPS) is 11.8. The van der Waals surface area contributed by atoms with E-state index in [0.717, 1.165) is 6.08 Å². The number of anilines is 3. The number of halogens is 3. The third-order valence-corrected chi connectivity index (χ3v) is 6.08. The van der Waals surface area contributed by atoms with Gasteiger partial charge in [0.25, 0.3) is 0 Å². The van der Waals surface area contributed by atoms with Crippen molar-refractivity contribution in [2.75, 3.05) is 37.9 Å². The zero-order chi connectivity index (χ0) is 26.4. The van der Waals surface area contributed by atoms with Crippen LogP contribution in [0.1, 0.15) is 6.92 Å². The van der Waals surface area contributed by atoms with Crippen LogP contribution in [-0.4, -0.2) is 60.0 Å². The Labute approximate surface area is 221 Å². The van der Waals surface area contributed by atoms with E-state index in [1.54, 1.807) is 44.1 Å². The molecule has 12 heteroatoms. The fourth-order valence-corrected chi connectivity index (χ4v) is 3.67. The number of likely N-dealkylation sites (N-methyl/N-ethyl adjacent to an activating group) is 1. The summed E-state index contributed by atoms with van der Waals surface area (Å²) in [5, 5.41) is 8.90. The van der Waals surface area contributed by atoms with Gasteiger partial charge in [0.1, 0.15) is 24.5 Å². The molecule has 3 rings (SSSR count). The molecule has 1 heterocycles. The molecule has 3 aromatic rings. The molecule has 0 aliphatic rings. The minimum Gasteiger partial charge on any atom is -0.489 e. The van der Waals surface area contributed by atoms with Gasteiger partial charge in [0.2, 0.25) is 11.8 Å². The Morgan fingerprint density at radius 1 is 1.28 bits per heavy atom. The Balaban J connectivity index is 1.92. The first-order valence-corrected chi connectivity index (χ1v) is 12.0. The molecule has 36 heavy (non-hydrogen) atoms. The summed E-state index contributed by atoms with van der Waals surface area (Å²) in [6.45, 7) is 5.67. The molecule has 0 bridgehead atoms. The van der Waals surface area contributed by atoms with Gasteiger partial charge in [-0.1, -0.05) is 18.2 Å². The van der Waals surface area contributed by atoms with Crippen LogP contribution in [0.25, 0.3) is 10.9 Å². The van der Waals surface area contributed by atoms with Gasteiger partial charge in [-0.3, -0.25) is 9.59 Å². The number of benzene rings is 2. The van der Waals surface area contributed by atoms with E-state index in [-0.39, 0.29) is 35.8 Å². The zero-order valence-electron chi connectivity index (χ0n) is 19.9. The van der Waals surface area contributed by atoms with Crippen molar-refractivity contribution < 1.29 is 18.7 Å². The summed E-state index contributed by atoms with van der Waals surface area (Å²) in [6.07, 6.45) is 2.44.